The van der Waals surface area contributed by atoms with Gasteiger partial charge in [-0.1, -0.05) is 20.3 Å². The van der Waals surface area contributed by atoms with E-state index in [2.05, 4.69) is 18.8 Å². The molecule has 0 saturated carbocycles. The number of hydrogen-bond acceptors (Lipinski definition) is 3. The van der Waals surface area contributed by atoms with Crippen LogP contribution in [0.15, 0.2) is 5.38 Å². The van der Waals surface area contributed by atoms with Crippen LogP contribution in [0.25, 0.3) is 0 Å². The fraction of sp³-hybridized carbons (Fsp3) is 0.786. The lowest BCUT2D eigenvalue weighted by atomic mass is 10.1. The summed E-state index contributed by atoms with van der Waals surface area (Å²) in [6, 6.07) is 0. The summed E-state index contributed by atoms with van der Waals surface area (Å²) in [6.45, 7) is 6.26. The molecule has 0 saturated heterocycles. The first-order chi connectivity index (χ1) is 8.76. The van der Waals surface area contributed by atoms with Crippen LogP contribution in [-0.4, -0.2) is 18.2 Å². The number of ether oxygens (including phenoxy) is 1. The Morgan fingerprint density at radius 3 is 2.94 bits per heavy atom. The van der Waals surface area contributed by atoms with Crippen molar-refractivity contribution in [3.63, 3.8) is 0 Å². The number of alkyl halides is 1. The van der Waals surface area contributed by atoms with Crippen LogP contribution < -0.4 is 0 Å². The van der Waals surface area contributed by atoms with Gasteiger partial charge in [-0.2, -0.15) is 0 Å². The maximum Gasteiger partial charge on any atom is 0.0928 e. The molecule has 0 bridgehead atoms. The van der Waals surface area contributed by atoms with Crippen LogP contribution in [0.3, 0.4) is 0 Å². The van der Waals surface area contributed by atoms with E-state index >= 15 is 0 Å². The van der Waals surface area contributed by atoms with Gasteiger partial charge in [0.2, 0.25) is 0 Å². The van der Waals surface area contributed by atoms with E-state index in [1.54, 1.807) is 11.3 Å². The topological polar surface area (TPSA) is 22.1 Å². The first-order valence-corrected chi connectivity index (χ1v) is 8.24. The third kappa shape index (κ3) is 6.72. The van der Waals surface area contributed by atoms with Gasteiger partial charge in [-0.15, -0.1) is 22.9 Å². The van der Waals surface area contributed by atoms with Gasteiger partial charge in [-0.25, -0.2) is 4.98 Å². The van der Waals surface area contributed by atoms with Gasteiger partial charge in [0.05, 0.1) is 16.6 Å². The number of rotatable bonds is 10. The summed E-state index contributed by atoms with van der Waals surface area (Å²) < 4.78 is 5.67. The molecule has 1 aromatic heterocycles. The second-order valence-corrected chi connectivity index (χ2v) is 6.00. The molecule has 0 radical (unpaired) electrons. The Balaban J connectivity index is 1.98. The van der Waals surface area contributed by atoms with Crippen LogP contribution in [0.2, 0.25) is 0 Å². The van der Waals surface area contributed by atoms with Gasteiger partial charge in [-0.3, -0.25) is 0 Å². The van der Waals surface area contributed by atoms with Gasteiger partial charge in [0.15, 0.2) is 0 Å². The SMILES string of the molecule is CCCC(C)COCCCCc1nc(CCl)cs1. The van der Waals surface area contributed by atoms with Gasteiger partial charge in [0.25, 0.3) is 0 Å². The molecule has 1 heterocycles. The average molecular weight is 290 g/mol. The molecule has 1 rings (SSSR count). The van der Waals surface area contributed by atoms with E-state index in [0.717, 1.165) is 38.2 Å². The third-order valence-corrected chi connectivity index (χ3v) is 4.08. The predicted octanol–water partition coefficient (Wildman–Crippen LogP) is 4.66. The molecule has 1 aromatic rings. The van der Waals surface area contributed by atoms with E-state index in [1.165, 1.54) is 17.8 Å². The van der Waals surface area contributed by atoms with Crippen molar-refractivity contribution in [3.05, 3.63) is 16.1 Å². The second kappa shape index (κ2) is 9.76. The Labute approximate surface area is 120 Å². The van der Waals surface area contributed by atoms with Crippen molar-refractivity contribution in [1.29, 1.82) is 0 Å². The van der Waals surface area contributed by atoms with Gasteiger partial charge in [-0.05, 0) is 31.6 Å². The molecule has 1 unspecified atom stereocenters. The van der Waals surface area contributed by atoms with Gasteiger partial charge < -0.3 is 4.74 Å². The number of aryl methyl sites for hydroxylation is 1. The highest BCUT2D eigenvalue weighted by Gasteiger charge is 2.02. The Kier molecular flexibility index (Phi) is 8.64. The van der Waals surface area contributed by atoms with E-state index in [9.17, 15) is 0 Å². The number of aromatic nitrogens is 1. The molecule has 104 valence electrons. The molecular formula is C14H24ClNOS. The third-order valence-electron chi connectivity index (χ3n) is 2.85. The molecule has 0 spiro atoms. The van der Waals surface area contributed by atoms with Crippen LogP contribution in [-0.2, 0) is 17.0 Å². The Morgan fingerprint density at radius 1 is 1.44 bits per heavy atom. The van der Waals surface area contributed by atoms with E-state index in [-0.39, 0.29) is 0 Å². The summed E-state index contributed by atoms with van der Waals surface area (Å²) in [5.74, 6) is 1.22. The Morgan fingerprint density at radius 2 is 2.28 bits per heavy atom. The minimum absolute atomic E-state index is 0.523. The number of hydrogen-bond donors (Lipinski definition) is 0. The summed E-state index contributed by atoms with van der Waals surface area (Å²) in [4.78, 5) is 4.44. The fourth-order valence-electron chi connectivity index (χ4n) is 1.87. The zero-order valence-electron chi connectivity index (χ0n) is 11.5. The number of unbranched alkanes of at least 4 members (excludes halogenated alkanes) is 1. The van der Waals surface area contributed by atoms with Crippen LogP contribution >= 0.6 is 22.9 Å². The van der Waals surface area contributed by atoms with Gasteiger partial charge >= 0.3 is 0 Å². The molecule has 0 N–H and O–H groups in total. The molecule has 0 aliphatic carbocycles. The van der Waals surface area contributed by atoms with Crippen LogP contribution in [0, 0.1) is 5.92 Å². The first kappa shape index (κ1) is 15.9. The lowest BCUT2D eigenvalue weighted by molar-refractivity contribution is 0.0987. The summed E-state index contributed by atoms with van der Waals surface area (Å²) in [7, 11) is 0. The average Bonchev–Trinajstić information content (AvgIpc) is 2.82. The molecular weight excluding hydrogens is 266 g/mol. The van der Waals surface area contributed by atoms with E-state index in [0.29, 0.717) is 11.8 Å². The molecule has 2 nitrogen and oxygen atoms in total. The molecule has 0 amide bonds. The predicted molar refractivity (Wildman–Crippen MR) is 79.5 cm³/mol. The van der Waals surface area contributed by atoms with Crippen molar-refractivity contribution < 1.29 is 4.74 Å². The quantitative estimate of drug-likeness (QED) is 0.462. The number of thiazole rings is 1. The van der Waals surface area contributed by atoms with E-state index < -0.39 is 0 Å². The second-order valence-electron chi connectivity index (χ2n) is 4.79. The van der Waals surface area contributed by atoms with E-state index in [4.69, 9.17) is 16.3 Å². The van der Waals surface area contributed by atoms with Gasteiger partial charge in [0.1, 0.15) is 0 Å². The van der Waals surface area contributed by atoms with Crippen molar-refractivity contribution in [2.45, 2.75) is 51.8 Å². The van der Waals surface area contributed by atoms with Crippen LogP contribution in [0.4, 0.5) is 0 Å². The molecule has 0 fully saturated rings. The summed E-state index contributed by atoms with van der Waals surface area (Å²) in [6.07, 6.45) is 5.83. The zero-order chi connectivity index (χ0) is 13.2. The molecule has 0 aliphatic rings. The number of halogens is 1. The minimum atomic E-state index is 0.523. The summed E-state index contributed by atoms with van der Waals surface area (Å²) in [5, 5.41) is 3.25. The molecule has 0 aliphatic heterocycles. The van der Waals surface area contributed by atoms with Crippen molar-refractivity contribution in [1.82, 2.24) is 4.98 Å². The Bertz CT molecular complexity index is 316. The van der Waals surface area contributed by atoms with E-state index in [1.807, 2.05) is 5.38 Å². The van der Waals surface area contributed by atoms with Crippen molar-refractivity contribution >= 4 is 22.9 Å². The monoisotopic (exact) mass is 289 g/mol. The lowest BCUT2D eigenvalue weighted by Crippen LogP contribution is -2.06. The standard InChI is InChI=1S/C14H24ClNOS/c1-3-6-12(2)10-17-8-5-4-7-14-16-13(9-15)11-18-14/h11-12H,3-10H2,1-2H3. The van der Waals surface area contributed by atoms with Gasteiger partial charge in [0, 0.05) is 18.6 Å². The maximum absolute atomic E-state index is 5.72. The number of nitrogens with zero attached hydrogens (tertiary/aromatic N) is 1. The van der Waals surface area contributed by atoms with Crippen molar-refractivity contribution in [2.75, 3.05) is 13.2 Å². The van der Waals surface area contributed by atoms with Crippen molar-refractivity contribution in [3.8, 4) is 0 Å². The first-order valence-electron chi connectivity index (χ1n) is 6.83. The fourth-order valence-corrected chi connectivity index (χ4v) is 2.93. The normalized spacial score (nSPS) is 12.8. The van der Waals surface area contributed by atoms with Crippen LogP contribution in [0.5, 0.6) is 0 Å². The smallest absolute Gasteiger partial charge is 0.0928 e. The van der Waals surface area contributed by atoms with Crippen LogP contribution in [0.1, 0.15) is 50.2 Å². The lowest BCUT2D eigenvalue weighted by Gasteiger charge is -2.10. The van der Waals surface area contributed by atoms with Crippen molar-refractivity contribution in [2.24, 2.45) is 5.92 Å². The minimum Gasteiger partial charge on any atom is -0.381 e. The maximum atomic E-state index is 5.72. The molecule has 4 heteroatoms. The highest BCUT2D eigenvalue weighted by molar-refractivity contribution is 7.09. The molecule has 0 aromatic carbocycles. The zero-order valence-corrected chi connectivity index (χ0v) is 13.0. The largest absolute Gasteiger partial charge is 0.381 e. The highest BCUT2D eigenvalue weighted by atomic mass is 35.5. The molecule has 18 heavy (non-hydrogen) atoms. The summed E-state index contributed by atoms with van der Waals surface area (Å²) in [5.41, 5.74) is 1.00. The molecule has 1 atom stereocenters. The Hall–Kier alpha value is -0.120. The summed E-state index contributed by atoms with van der Waals surface area (Å²) >= 11 is 7.44. The highest BCUT2D eigenvalue weighted by Crippen LogP contribution is 2.14.